The third-order valence-electron chi connectivity index (χ3n) is 2.06. The molecule has 1 heterocycles. The molecule has 0 spiro atoms. The molecule has 0 aromatic rings. The monoisotopic (exact) mass is 203 g/mol. The second-order valence-corrected chi connectivity index (χ2v) is 3.00. The van der Waals surface area contributed by atoms with Gasteiger partial charge in [0.1, 0.15) is 0 Å². The normalized spacial score (nSPS) is 31.2. The van der Waals surface area contributed by atoms with E-state index in [0.29, 0.717) is 13.1 Å². The Morgan fingerprint density at radius 3 is 2.86 bits per heavy atom. The van der Waals surface area contributed by atoms with Gasteiger partial charge in [-0.1, -0.05) is 0 Å². The minimum absolute atomic E-state index is 0.0945. The first-order chi connectivity index (χ1) is 6.76. The zero-order chi connectivity index (χ0) is 10.4. The summed E-state index contributed by atoms with van der Waals surface area (Å²) in [7, 11) is 3.14. The fourth-order valence-corrected chi connectivity index (χ4v) is 1.26. The van der Waals surface area contributed by atoms with Crippen LogP contribution in [-0.2, 0) is 14.2 Å². The largest absolute Gasteiger partial charge is 0.395 e. The molecule has 1 aliphatic rings. The van der Waals surface area contributed by atoms with Crippen LogP contribution in [0.15, 0.2) is 12.2 Å². The van der Waals surface area contributed by atoms with E-state index < -0.39 is 5.79 Å². The second kappa shape index (κ2) is 5.43. The molecule has 0 amide bonds. The van der Waals surface area contributed by atoms with Gasteiger partial charge in [-0.2, -0.15) is 0 Å². The number of aliphatic hydroxyl groups excluding tert-OH is 1. The summed E-state index contributed by atoms with van der Waals surface area (Å²) < 4.78 is 15.7. The highest BCUT2D eigenvalue weighted by Crippen LogP contribution is 2.23. The summed E-state index contributed by atoms with van der Waals surface area (Å²) in [5.41, 5.74) is 0. The van der Waals surface area contributed by atoms with Crippen molar-refractivity contribution in [1.82, 2.24) is 5.32 Å². The van der Waals surface area contributed by atoms with Crippen LogP contribution in [0.1, 0.15) is 0 Å². The van der Waals surface area contributed by atoms with Crippen molar-refractivity contribution in [2.75, 3.05) is 33.9 Å². The molecule has 0 aliphatic carbocycles. The van der Waals surface area contributed by atoms with Gasteiger partial charge in [0.2, 0.25) is 5.79 Å². The first kappa shape index (κ1) is 11.6. The van der Waals surface area contributed by atoms with E-state index in [1.165, 1.54) is 0 Å². The van der Waals surface area contributed by atoms with Crippen molar-refractivity contribution in [1.29, 1.82) is 0 Å². The minimum atomic E-state index is -0.768. The van der Waals surface area contributed by atoms with E-state index in [-0.39, 0.29) is 12.9 Å². The van der Waals surface area contributed by atoms with E-state index >= 15 is 0 Å². The molecule has 1 aliphatic heterocycles. The van der Waals surface area contributed by atoms with E-state index in [2.05, 4.69) is 5.32 Å². The first-order valence-corrected chi connectivity index (χ1v) is 4.53. The fraction of sp³-hybridized carbons (Fsp3) is 0.778. The lowest BCUT2D eigenvalue weighted by Crippen LogP contribution is -2.43. The van der Waals surface area contributed by atoms with Gasteiger partial charge < -0.3 is 24.6 Å². The topological polar surface area (TPSA) is 60.0 Å². The summed E-state index contributed by atoms with van der Waals surface area (Å²) in [6.45, 7) is 1.09. The molecule has 1 rings (SSSR count). The summed E-state index contributed by atoms with van der Waals surface area (Å²) in [6, 6.07) is 0. The Labute approximate surface area is 83.6 Å². The van der Waals surface area contributed by atoms with E-state index in [9.17, 15) is 0 Å². The highest BCUT2D eigenvalue weighted by atomic mass is 16.8. The maximum atomic E-state index is 8.61. The van der Waals surface area contributed by atoms with E-state index in [1.807, 2.05) is 6.08 Å². The molecule has 5 nitrogen and oxygen atoms in total. The molecule has 0 fully saturated rings. The molecule has 14 heavy (non-hydrogen) atoms. The maximum Gasteiger partial charge on any atom is 0.203 e. The van der Waals surface area contributed by atoms with Gasteiger partial charge in [0.15, 0.2) is 6.29 Å². The number of nitrogens with one attached hydrogen (secondary N) is 1. The van der Waals surface area contributed by atoms with Gasteiger partial charge in [-0.05, 0) is 12.2 Å². The Kier molecular flexibility index (Phi) is 4.50. The average molecular weight is 203 g/mol. The molecule has 82 valence electrons. The van der Waals surface area contributed by atoms with Crippen molar-refractivity contribution in [2.24, 2.45) is 0 Å². The second-order valence-electron chi connectivity index (χ2n) is 3.00. The molecule has 0 bridgehead atoms. The first-order valence-electron chi connectivity index (χ1n) is 4.53. The molecule has 0 aromatic heterocycles. The Balaban J connectivity index is 2.40. The highest BCUT2D eigenvalue weighted by Gasteiger charge is 2.35. The smallest absolute Gasteiger partial charge is 0.203 e. The quantitative estimate of drug-likeness (QED) is 0.449. The Hall–Kier alpha value is -0.460. The lowest BCUT2D eigenvalue weighted by atomic mass is 10.2. The summed E-state index contributed by atoms with van der Waals surface area (Å²) in [4.78, 5) is 0. The zero-order valence-corrected chi connectivity index (χ0v) is 8.53. The number of aliphatic hydroxyl groups is 1. The molecule has 2 atom stereocenters. The van der Waals surface area contributed by atoms with Crippen LogP contribution in [0.5, 0.6) is 0 Å². The van der Waals surface area contributed by atoms with Crippen LogP contribution in [0, 0.1) is 0 Å². The lowest BCUT2D eigenvalue weighted by Gasteiger charge is -2.27. The highest BCUT2D eigenvalue weighted by molar-refractivity contribution is 5.05. The SMILES string of the molecule is COC1C=CC(CNCCO)(OC)O1. The van der Waals surface area contributed by atoms with Gasteiger partial charge in [0, 0.05) is 20.8 Å². The van der Waals surface area contributed by atoms with E-state index in [4.69, 9.17) is 19.3 Å². The third kappa shape index (κ3) is 2.76. The Morgan fingerprint density at radius 1 is 1.57 bits per heavy atom. The van der Waals surface area contributed by atoms with Crippen LogP contribution in [-0.4, -0.2) is 51.1 Å². The molecular formula is C9H17NO4. The molecule has 0 saturated heterocycles. The zero-order valence-electron chi connectivity index (χ0n) is 8.53. The predicted octanol–water partition coefficient (Wildman–Crippen LogP) is -0.530. The van der Waals surface area contributed by atoms with Crippen LogP contribution in [0.3, 0.4) is 0 Å². The van der Waals surface area contributed by atoms with Gasteiger partial charge in [-0.25, -0.2) is 0 Å². The number of hydrogen-bond donors (Lipinski definition) is 2. The summed E-state index contributed by atoms with van der Waals surface area (Å²) >= 11 is 0. The average Bonchev–Trinajstić information content (AvgIpc) is 2.63. The third-order valence-corrected chi connectivity index (χ3v) is 2.06. The fourth-order valence-electron chi connectivity index (χ4n) is 1.26. The summed E-state index contributed by atoms with van der Waals surface area (Å²) in [5, 5.41) is 11.6. The number of hydrogen-bond acceptors (Lipinski definition) is 5. The van der Waals surface area contributed by atoms with Gasteiger partial charge in [-0.15, -0.1) is 0 Å². The van der Waals surface area contributed by atoms with Crippen LogP contribution < -0.4 is 5.32 Å². The molecule has 5 heteroatoms. The van der Waals surface area contributed by atoms with E-state index in [0.717, 1.165) is 0 Å². The number of methoxy groups -OCH3 is 2. The van der Waals surface area contributed by atoms with Crippen molar-refractivity contribution in [3.8, 4) is 0 Å². The van der Waals surface area contributed by atoms with Gasteiger partial charge in [0.25, 0.3) is 0 Å². The molecule has 0 saturated carbocycles. The number of ether oxygens (including phenoxy) is 3. The van der Waals surface area contributed by atoms with Gasteiger partial charge in [0.05, 0.1) is 13.2 Å². The molecule has 0 aromatic carbocycles. The summed E-state index contributed by atoms with van der Waals surface area (Å²) in [5.74, 6) is -0.768. The van der Waals surface area contributed by atoms with Crippen molar-refractivity contribution in [2.45, 2.75) is 12.1 Å². The summed E-state index contributed by atoms with van der Waals surface area (Å²) in [6.07, 6.45) is 3.25. The molecular weight excluding hydrogens is 186 g/mol. The van der Waals surface area contributed by atoms with E-state index in [1.54, 1.807) is 20.3 Å². The van der Waals surface area contributed by atoms with Crippen LogP contribution >= 0.6 is 0 Å². The van der Waals surface area contributed by atoms with Crippen molar-refractivity contribution >= 4 is 0 Å². The Bertz CT molecular complexity index is 197. The van der Waals surface area contributed by atoms with Crippen LogP contribution in [0.4, 0.5) is 0 Å². The molecule has 0 radical (unpaired) electrons. The standard InChI is InChI=1S/C9H17NO4/c1-12-8-3-4-9(13-2,14-8)7-10-5-6-11/h3-4,8,10-11H,5-7H2,1-2H3. The Morgan fingerprint density at radius 2 is 2.36 bits per heavy atom. The number of rotatable bonds is 6. The maximum absolute atomic E-state index is 8.61. The van der Waals surface area contributed by atoms with Gasteiger partial charge >= 0.3 is 0 Å². The predicted molar refractivity (Wildman–Crippen MR) is 50.7 cm³/mol. The van der Waals surface area contributed by atoms with Crippen molar-refractivity contribution in [3.05, 3.63) is 12.2 Å². The van der Waals surface area contributed by atoms with Crippen molar-refractivity contribution in [3.63, 3.8) is 0 Å². The lowest BCUT2D eigenvalue weighted by molar-refractivity contribution is -0.239. The van der Waals surface area contributed by atoms with Crippen LogP contribution in [0.25, 0.3) is 0 Å². The molecule has 2 unspecified atom stereocenters. The van der Waals surface area contributed by atoms with Crippen LogP contribution in [0.2, 0.25) is 0 Å². The van der Waals surface area contributed by atoms with Crippen molar-refractivity contribution < 1.29 is 19.3 Å². The minimum Gasteiger partial charge on any atom is -0.395 e. The molecule has 2 N–H and O–H groups in total. The van der Waals surface area contributed by atoms with Gasteiger partial charge in [-0.3, -0.25) is 0 Å².